The number of hydrogen-bond donors (Lipinski definition) is 2. The van der Waals surface area contributed by atoms with Crippen molar-refractivity contribution in [1.82, 2.24) is 29.7 Å². The average molecular weight is 896 g/mol. The van der Waals surface area contributed by atoms with E-state index in [1.807, 2.05) is 31.3 Å². The number of piperazine rings is 1. The maximum Gasteiger partial charge on any atom is 0.419 e. The van der Waals surface area contributed by atoms with Gasteiger partial charge in [-0.1, -0.05) is 6.92 Å². The van der Waals surface area contributed by atoms with E-state index in [2.05, 4.69) is 40.0 Å². The Morgan fingerprint density at radius 1 is 0.938 bits per heavy atom. The van der Waals surface area contributed by atoms with Crippen molar-refractivity contribution in [2.24, 2.45) is 5.92 Å². The summed E-state index contributed by atoms with van der Waals surface area (Å²) in [5, 5.41) is 11.6. The Morgan fingerprint density at radius 3 is 2.33 bits per heavy atom. The van der Waals surface area contributed by atoms with Crippen LogP contribution in [0.5, 0.6) is 0 Å². The summed E-state index contributed by atoms with van der Waals surface area (Å²) in [5.74, 6) is -1.02. The van der Waals surface area contributed by atoms with Gasteiger partial charge >= 0.3 is 6.18 Å². The SMILES string of the molecule is CCc1cc2ncc(CN3CCN(CC4CCN(c5ccc(NC(=O)c6ccc(N7C(=S)N(c8cnc(C#N)c(C(F)(F)F)c8)C(=O)C7(C)C)cc6F)cn5)CC4)CC3)cc2[nH]c1=O. The molecule has 3 fully saturated rings. The van der Waals surface area contributed by atoms with Crippen molar-refractivity contribution in [2.45, 2.75) is 58.3 Å². The van der Waals surface area contributed by atoms with Gasteiger partial charge in [-0.05, 0) is 105 Å². The molecule has 8 rings (SSSR count). The van der Waals surface area contributed by atoms with Crippen LogP contribution >= 0.6 is 12.2 Å². The number of aryl methyl sites for hydroxylation is 1. The molecule has 0 unspecified atom stereocenters. The van der Waals surface area contributed by atoms with Gasteiger partial charge in [-0.25, -0.2) is 14.4 Å². The maximum absolute atomic E-state index is 15.6. The average Bonchev–Trinajstić information content (AvgIpc) is 3.45. The Bertz CT molecular complexity index is 2720. The maximum atomic E-state index is 15.6. The molecule has 0 bridgehead atoms. The first kappa shape index (κ1) is 44.3. The highest BCUT2D eigenvalue weighted by molar-refractivity contribution is 7.81. The fourth-order valence-electron chi connectivity index (χ4n) is 8.62. The van der Waals surface area contributed by atoms with E-state index < -0.39 is 40.6 Å². The number of carbonyl (C=O) groups excluding carboxylic acids is 2. The molecule has 0 saturated carbocycles. The van der Waals surface area contributed by atoms with Gasteiger partial charge in [0.15, 0.2) is 10.8 Å². The molecule has 14 nitrogen and oxygen atoms in total. The molecule has 0 aliphatic carbocycles. The van der Waals surface area contributed by atoms with Crippen LogP contribution in [0.1, 0.15) is 66.4 Å². The first-order valence-corrected chi connectivity index (χ1v) is 21.4. The molecule has 332 valence electrons. The minimum absolute atomic E-state index is 0.0556. The van der Waals surface area contributed by atoms with Crippen LogP contribution in [0.25, 0.3) is 11.0 Å². The monoisotopic (exact) mass is 895 g/mol. The second-order valence-corrected chi connectivity index (χ2v) is 17.2. The highest BCUT2D eigenvalue weighted by Gasteiger charge is 2.51. The van der Waals surface area contributed by atoms with Gasteiger partial charge in [0.2, 0.25) is 0 Å². The molecule has 7 heterocycles. The zero-order valence-electron chi connectivity index (χ0n) is 35.4. The van der Waals surface area contributed by atoms with Crippen LogP contribution in [0.3, 0.4) is 0 Å². The van der Waals surface area contributed by atoms with E-state index in [4.69, 9.17) is 17.5 Å². The van der Waals surface area contributed by atoms with Crippen LogP contribution in [0.15, 0.2) is 71.9 Å². The molecular weight excluding hydrogens is 851 g/mol. The highest BCUT2D eigenvalue weighted by atomic mass is 32.1. The zero-order chi connectivity index (χ0) is 45.5. The number of halogens is 4. The van der Waals surface area contributed by atoms with Crippen LogP contribution in [0, 0.1) is 23.1 Å². The molecule has 4 aromatic heterocycles. The molecule has 2 amide bonds. The number of nitrogens with one attached hydrogen (secondary N) is 2. The van der Waals surface area contributed by atoms with Crippen LogP contribution in [-0.2, 0) is 23.9 Å². The summed E-state index contributed by atoms with van der Waals surface area (Å²) in [6, 6.07) is 13.1. The summed E-state index contributed by atoms with van der Waals surface area (Å²) in [6.45, 7) is 12.3. The molecule has 3 saturated heterocycles. The molecule has 3 aliphatic heterocycles. The lowest BCUT2D eigenvalue weighted by atomic mass is 9.96. The molecule has 2 N–H and O–H groups in total. The Morgan fingerprint density at radius 2 is 1.67 bits per heavy atom. The molecule has 64 heavy (non-hydrogen) atoms. The van der Waals surface area contributed by atoms with E-state index in [-0.39, 0.29) is 27.6 Å². The van der Waals surface area contributed by atoms with Crippen LogP contribution in [0.4, 0.5) is 40.4 Å². The first-order chi connectivity index (χ1) is 30.5. The van der Waals surface area contributed by atoms with Gasteiger partial charge < -0.3 is 25.0 Å². The summed E-state index contributed by atoms with van der Waals surface area (Å²) in [5.41, 5.74) is -0.465. The van der Waals surface area contributed by atoms with Crippen molar-refractivity contribution >= 4 is 63.1 Å². The minimum Gasteiger partial charge on any atom is -0.357 e. The Hall–Kier alpha value is -6.36. The van der Waals surface area contributed by atoms with Gasteiger partial charge in [-0.2, -0.15) is 18.4 Å². The molecular formula is C45H45F4N11O3S. The lowest BCUT2D eigenvalue weighted by Crippen LogP contribution is -2.48. The molecule has 3 aliphatic rings. The molecule has 1 aromatic carbocycles. The minimum atomic E-state index is -4.92. The number of pyridine rings is 4. The van der Waals surface area contributed by atoms with Crippen LogP contribution in [-0.4, -0.2) is 98.0 Å². The summed E-state index contributed by atoms with van der Waals surface area (Å²) < 4.78 is 56.8. The van der Waals surface area contributed by atoms with Gasteiger partial charge in [0.25, 0.3) is 17.4 Å². The van der Waals surface area contributed by atoms with Crippen molar-refractivity contribution in [1.29, 1.82) is 5.26 Å². The van der Waals surface area contributed by atoms with Crippen molar-refractivity contribution in [3.8, 4) is 6.07 Å². The lowest BCUT2D eigenvalue weighted by molar-refractivity contribution is -0.138. The third-order valence-corrected chi connectivity index (χ3v) is 12.6. The summed E-state index contributed by atoms with van der Waals surface area (Å²) in [4.78, 5) is 64.2. The van der Waals surface area contributed by atoms with Crippen molar-refractivity contribution in [3.05, 3.63) is 111 Å². The Kier molecular flexibility index (Phi) is 12.2. The predicted molar refractivity (Wildman–Crippen MR) is 238 cm³/mol. The zero-order valence-corrected chi connectivity index (χ0v) is 36.2. The van der Waals surface area contributed by atoms with E-state index >= 15 is 4.39 Å². The largest absolute Gasteiger partial charge is 0.419 e. The molecule has 0 radical (unpaired) electrons. The molecule has 5 aromatic rings. The highest BCUT2D eigenvalue weighted by Crippen LogP contribution is 2.39. The number of amides is 2. The van der Waals surface area contributed by atoms with Gasteiger partial charge in [0.1, 0.15) is 23.2 Å². The number of alkyl halides is 3. The number of thiocarbonyl (C=S) groups is 1. The van der Waals surface area contributed by atoms with Crippen LogP contribution < -0.4 is 25.6 Å². The van der Waals surface area contributed by atoms with Gasteiger partial charge in [-0.3, -0.25) is 29.2 Å². The van der Waals surface area contributed by atoms with Gasteiger partial charge in [-0.15, -0.1) is 0 Å². The number of piperidine rings is 1. The lowest BCUT2D eigenvalue weighted by Gasteiger charge is -2.39. The van der Waals surface area contributed by atoms with Gasteiger partial charge in [0, 0.05) is 69.8 Å². The number of hydrogen-bond acceptors (Lipinski definition) is 11. The van der Waals surface area contributed by atoms with Crippen molar-refractivity contribution in [3.63, 3.8) is 0 Å². The number of carbonyl (C=O) groups is 2. The molecule has 19 heteroatoms. The molecule has 0 spiro atoms. The summed E-state index contributed by atoms with van der Waals surface area (Å²) >= 11 is 5.53. The topological polar surface area (TPSA) is 158 Å². The van der Waals surface area contributed by atoms with E-state index in [1.54, 1.807) is 6.07 Å². The smallest absolute Gasteiger partial charge is 0.357 e. The predicted octanol–water partition coefficient (Wildman–Crippen LogP) is 6.51. The number of nitrogens with zero attached hydrogens (tertiary/aromatic N) is 9. The van der Waals surface area contributed by atoms with E-state index in [9.17, 15) is 27.6 Å². The standard InChI is InChI=1S/C45H45F4N11O3S/c1-4-29-18-36-37(55-40(29)61)17-28(22-51-36)26-57-15-13-56(14-16-57)25-27-9-11-58(12-10-27)39-8-5-30(23-53-39)54-41(62)33-7-6-31(20-35(33)46)60-43(64)59(42(63)44(60,2)3)32-19-34(45(47,48)49)38(21-50)52-24-32/h5-8,17-20,22-24,27H,4,9-16,25-26H2,1-3H3,(H,54,62)(H,55,61). The number of rotatable bonds is 10. The van der Waals surface area contributed by atoms with E-state index in [1.165, 1.54) is 43.1 Å². The number of anilines is 4. The quantitative estimate of drug-likeness (QED) is 0.116. The fraction of sp³-hybridized carbons (Fsp3) is 0.378. The Balaban J connectivity index is 0.819. The van der Waals surface area contributed by atoms with Gasteiger partial charge in [0.05, 0.1) is 45.9 Å². The summed E-state index contributed by atoms with van der Waals surface area (Å²) in [7, 11) is 0. The summed E-state index contributed by atoms with van der Waals surface area (Å²) in [6.07, 6.45) is 2.16. The normalized spacial score (nSPS) is 17.6. The third-order valence-electron chi connectivity index (χ3n) is 12.2. The number of nitriles is 1. The number of benzene rings is 1. The third kappa shape index (κ3) is 8.90. The number of aromatic amines is 1. The number of H-pyrrole nitrogens is 1. The second-order valence-electron chi connectivity index (χ2n) is 16.8. The molecule has 0 atom stereocenters. The Labute approximate surface area is 371 Å². The fourth-order valence-corrected chi connectivity index (χ4v) is 9.15. The number of fused-ring (bicyclic) bond motifs is 1. The first-order valence-electron chi connectivity index (χ1n) is 21.0. The van der Waals surface area contributed by atoms with Crippen molar-refractivity contribution < 1.29 is 27.2 Å². The van der Waals surface area contributed by atoms with Crippen molar-refractivity contribution in [2.75, 3.05) is 65.8 Å². The number of aromatic nitrogens is 4. The second kappa shape index (κ2) is 17.7. The van der Waals surface area contributed by atoms with Crippen LogP contribution in [0.2, 0.25) is 0 Å². The van der Waals surface area contributed by atoms with E-state index in [0.29, 0.717) is 24.1 Å². The van der Waals surface area contributed by atoms with E-state index in [0.717, 1.165) is 110 Å².